The third kappa shape index (κ3) is 5.05. The van der Waals surface area contributed by atoms with Crippen molar-refractivity contribution < 1.29 is 26.9 Å². The molecule has 172 valence electrons. The van der Waals surface area contributed by atoms with Gasteiger partial charge in [-0.2, -0.15) is 0 Å². The van der Waals surface area contributed by atoms with Crippen molar-refractivity contribution in [1.29, 1.82) is 0 Å². The Balaban J connectivity index is 2.20. The molecule has 2 atom stereocenters. The van der Waals surface area contributed by atoms with E-state index in [-0.39, 0.29) is 23.5 Å². The molecule has 0 N–H and O–H groups in total. The van der Waals surface area contributed by atoms with Gasteiger partial charge in [0.05, 0.1) is 12.3 Å². The zero-order valence-corrected chi connectivity index (χ0v) is 19.8. The Morgan fingerprint density at radius 2 is 2.06 bits per heavy atom. The second-order valence-electron chi connectivity index (χ2n) is 8.39. The number of carbonyl (C=O) groups is 1. The Morgan fingerprint density at radius 1 is 1.35 bits per heavy atom. The molecule has 0 aliphatic carbocycles. The number of halogens is 4. The molecule has 12 heteroatoms. The second kappa shape index (κ2) is 8.68. The van der Waals surface area contributed by atoms with E-state index in [0.717, 1.165) is 6.07 Å². The summed E-state index contributed by atoms with van der Waals surface area (Å²) in [4.78, 5) is 20.6. The Labute approximate surface area is 187 Å². The lowest BCUT2D eigenvalue weighted by Crippen LogP contribution is -2.54. The quantitative estimate of drug-likeness (QED) is 0.439. The van der Waals surface area contributed by atoms with Gasteiger partial charge in [0.25, 0.3) is 6.43 Å². The van der Waals surface area contributed by atoms with Crippen LogP contribution in [0.25, 0.3) is 0 Å². The topological polar surface area (TPSA) is 84.2 Å². The predicted octanol–water partition coefficient (Wildman–Crippen LogP) is 4.07. The first-order valence-electron chi connectivity index (χ1n) is 9.76. The zero-order chi connectivity index (χ0) is 23.0. The minimum absolute atomic E-state index is 0.128. The number of pyridine rings is 1. The number of carbonyl (C=O) groups excluding carboxylic acids is 1. The number of fused-ring (bicyclic) bond motifs is 1. The number of amidine groups is 1. The molecule has 3 heterocycles. The Bertz CT molecular complexity index is 1020. The highest BCUT2D eigenvalue weighted by Crippen LogP contribution is 2.41. The van der Waals surface area contributed by atoms with Gasteiger partial charge in [0, 0.05) is 6.54 Å². The largest absolute Gasteiger partial charge is 0.460 e. The van der Waals surface area contributed by atoms with Gasteiger partial charge in [0.15, 0.2) is 5.54 Å². The molecular formula is C19H24BrF3N4O3S. The van der Waals surface area contributed by atoms with Crippen molar-refractivity contribution in [2.24, 2.45) is 9.36 Å². The highest BCUT2D eigenvalue weighted by atomic mass is 79.9. The van der Waals surface area contributed by atoms with E-state index in [1.165, 1.54) is 10.4 Å². The smallest absolute Gasteiger partial charge is 0.313 e. The van der Waals surface area contributed by atoms with Crippen molar-refractivity contribution in [3.05, 3.63) is 28.2 Å². The summed E-state index contributed by atoms with van der Waals surface area (Å²) in [6.07, 6.45) is -2.53. The third-order valence-electron chi connectivity index (χ3n) is 4.74. The maximum absolute atomic E-state index is 14.7. The lowest BCUT2D eigenvalue weighted by molar-refractivity contribution is -0.153. The van der Waals surface area contributed by atoms with Crippen molar-refractivity contribution in [1.82, 2.24) is 9.29 Å². The van der Waals surface area contributed by atoms with Crippen LogP contribution in [0.2, 0.25) is 0 Å². The number of aromatic nitrogens is 1. The van der Waals surface area contributed by atoms with Crippen LogP contribution in [-0.4, -0.2) is 56.2 Å². The van der Waals surface area contributed by atoms with E-state index in [1.54, 1.807) is 20.8 Å². The summed E-state index contributed by atoms with van der Waals surface area (Å²) >= 11 is 3.07. The first-order valence-corrected chi connectivity index (χ1v) is 12.2. The molecule has 0 saturated carbocycles. The molecule has 2 aliphatic rings. The van der Waals surface area contributed by atoms with Gasteiger partial charge in [-0.1, -0.05) is 0 Å². The van der Waals surface area contributed by atoms with E-state index in [0.29, 0.717) is 12.8 Å². The maximum Gasteiger partial charge on any atom is 0.313 e. The predicted molar refractivity (Wildman–Crippen MR) is 114 cm³/mol. The van der Waals surface area contributed by atoms with Crippen molar-refractivity contribution in [3.63, 3.8) is 0 Å². The second-order valence-corrected chi connectivity index (χ2v) is 11.4. The van der Waals surface area contributed by atoms with Crippen molar-refractivity contribution in [2.45, 2.75) is 57.6 Å². The highest BCUT2D eigenvalue weighted by molar-refractivity contribution is 9.10. The Hall–Kier alpha value is -1.69. The first kappa shape index (κ1) is 24.0. The molecule has 2 aliphatic heterocycles. The Morgan fingerprint density at radius 3 is 2.71 bits per heavy atom. The van der Waals surface area contributed by atoms with Crippen LogP contribution >= 0.6 is 15.9 Å². The van der Waals surface area contributed by atoms with E-state index >= 15 is 0 Å². The number of nitrogens with zero attached hydrogens (tertiary/aromatic N) is 4. The monoisotopic (exact) mass is 524 g/mol. The van der Waals surface area contributed by atoms with Gasteiger partial charge in [0.2, 0.25) is 0 Å². The molecule has 0 bridgehead atoms. The summed E-state index contributed by atoms with van der Waals surface area (Å²) in [5, 5.41) is 0. The van der Waals surface area contributed by atoms with E-state index in [2.05, 4.69) is 30.3 Å². The average molecular weight is 525 g/mol. The summed E-state index contributed by atoms with van der Waals surface area (Å²) in [5.41, 5.74) is -4.00. The molecule has 0 spiro atoms. The number of ether oxygens (including phenoxy) is 1. The van der Waals surface area contributed by atoms with Crippen LogP contribution in [-0.2, 0) is 25.0 Å². The molecule has 1 aromatic heterocycles. The van der Waals surface area contributed by atoms with E-state index < -0.39 is 57.1 Å². The fourth-order valence-electron chi connectivity index (χ4n) is 3.50. The normalized spacial score (nSPS) is 26.6. The number of aliphatic imine (C=N–C) groups is 1. The summed E-state index contributed by atoms with van der Waals surface area (Å²) < 4.78 is 68.5. The SMILES string of the molecule is CC(C)(C)OC(=O)CC1=N[C@@](c2nc(Br)ccc2F)(C(F)F)CS2(=O)=NCCCCN12. The number of esters is 1. The van der Waals surface area contributed by atoms with Crippen LogP contribution in [0.3, 0.4) is 0 Å². The van der Waals surface area contributed by atoms with Gasteiger partial charge in [-0.15, -0.1) is 0 Å². The number of rotatable bonds is 4. The van der Waals surface area contributed by atoms with E-state index in [4.69, 9.17) is 4.74 Å². The molecule has 0 amide bonds. The molecule has 0 saturated heterocycles. The maximum atomic E-state index is 14.7. The summed E-state index contributed by atoms with van der Waals surface area (Å²) in [6.45, 7) is 5.45. The fraction of sp³-hybridized carbons (Fsp3) is 0.632. The molecule has 31 heavy (non-hydrogen) atoms. The van der Waals surface area contributed by atoms with Gasteiger partial charge in [-0.3, -0.25) is 14.1 Å². The minimum Gasteiger partial charge on any atom is -0.460 e. The van der Waals surface area contributed by atoms with Crippen molar-refractivity contribution in [3.8, 4) is 0 Å². The van der Waals surface area contributed by atoms with Crippen LogP contribution in [0.1, 0.15) is 45.7 Å². The van der Waals surface area contributed by atoms with Gasteiger partial charge in [-0.05, 0) is 61.7 Å². The molecule has 1 aromatic rings. The van der Waals surface area contributed by atoms with Crippen LogP contribution in [0, 0.1) is 5.82 Å². The van der Waals surface area contributed by atoms with Crippen LogP contribution < -0.4 is 0 Å². The van der Waals surface area contributed by atoms with Gasteiger partial charge in [0.1, 0.15) is 43.9 Å². The molecule has 0 aromatic carbocycles. The highest BCUT2D eigenvalue weighted by Gasteiger charge is 2.53. The lowest BCUT2D eigenvalue weighted by atomic mass is 9.97. The number of hydrogen-bond donors (Lipinski definition) is 0. The number of hydrogen-bond acceptors (Lipinski definition) is 6. The molecule has 0 fully saturated rings. The van der Waals surface area contributed by atoms with Gasteiger partial charge >= 0.3 is 5.97 Å². The van der Waals surface area contributed by atoms with Crippen LogP contribution in [0.15, 0.2) is 26.1 Å². The fourth-order valence-corrected chi connectivity index (χ4v) is 6.36. The molecular weight excluding hydrogens is 501 g/mol. The standard InChI is InChI=1S/C19H24BrF3N4O3S/c1-18(2,3)30-15(28)10-14-26-19(17(22)23,16-12(21)6-7-13(20)25-16)11-31(29)24-8-4-5-9-27(14)31/h6-7,17H,4-5,8-11H2,1-3H3/t19-,31?/m0/s1. The molecule has 1 unspecified atom stereocenters. The number of alkyl halides is 2. The molecule has 0 radical (unpaired) electrons. The first-order chi connectivity index (χ1) is 14.4. The van der Waals surface area contributed by atoms with Crippen molar-refractivity contribution >= 4 is 37.6 Å². The summed E-state index contributed by atoms with van der Waals surface area (Å²) in [7, 11) is -3.42. The van der Waals surface area contributed by atoms with Gasteiger partial charge < -0.3 is 4.74 Å². The molecule has 7 nitrogen and oxygen atoms in total. The summed E-state index contributed by atoms with van der Waals surface area (Å²) in [5.74, 6) is -2.60. The average Bonchev–Trinajstić information content (AvgIpc) is 2.83. The minimum atomic E-state index is -3.42. The van der Waals surface area contributed by atoms with Crippen LogP contribution in [0.5, 0.6) is 0 Å². The van der Waals surface area contributed by atoms with Gasteiger partial charge in [-0.25, -0.2) is 26.7 Å². The van der Waals surface area contributed by atoms with E-state index in [1.807, 2.05) is 0 Å². The zero-order valence-electron chi connectivity index (χ0n) is 17.4. The molecule has 3 rings (SSSR count). The van der Waals surface area contributed by atoms with Crippen LogP contribution in [0.4, 0.5) is 13.2 Å². The lowest BCUT2D eigenvalue weighted by Gasteiger charge is -2.40. The summed E-state index contributed by atoms with van der Waals surface area (Å²) in [6, 6.07) is 2.26. The third-order valence-corrected chi connectivity index (χ3v) is 7.66. The van der Waals surface area contributed by atoms with E-state index in [9.17, 15) is 22.2 Å². The Kier molecular flexibility index (Phi) is 6.71. The van der Waals surface area contributed by atoms with Crippen molar-refractivity contribution in [2.75, 3.05) is 18.8 Å².